The molecule has 10 nitrogen and oxygen atoms in total. The van der Waals surface area contributed by atoms with Crippen molar-refractivity contribution in [3.63, 3.8) is 0 Å². The minimum absolute atomic E-state index is 0.00140. The van der Waals surface area contributed by atoms with Crippen molar-refractivity contribution in [2.24, 2.45) is 0 Å². The molecule has 3 heterocycles. The summed E-state index contributed by atoms with van der Waals surface area (Å²) in [6.07, 6.45) is -3.83. The molecule has 0 aromatic heterocycles. The molecule has 3 aliphatic heterocycles. The standard InChI is InChI=1S/C29H29NO9/c1-4-6-16-29(36)39-28-15-9-12(2)10-17(31)21(15)23-24(30(16)28)27(35)22-14(26(23)34)7-5-8-19(22)38-20-11-18(32)25(33)13(3)37-20/h5,7-10,13,16,18,20,25,28,31-33H,4,6,11H2,1-3H3/t13-,16+,18+,20-,25-,28?/m0/s1. The summed E-state index contributed by atoms with van der Waals surface area (Å²) < 4.78 is 17.4. The van der Waals surface area contributed by atoms with Crippen LogP contribution in [-0.2, 0) is 14.3 Å². The van der Waals surface area contributed by atoms with Gasteiger partial charge in [-0.15, -0.1) is 0 Å². The SMILES string of the molecule is CCC[C@@H]1C(=O)OC2c3cc(C)cc(O)c3C3=C(C(=O)c4c(O[C@H]5C[C@@H](O)[C@@H](O)[C@H](C)O5)cccc4C3=O)N21. The number of carbonyl (C=O) groups excluding carboxylic acids is 3. The molecule has 0 saturated carbocycles. The lowest BCUT2D eigenvalue weighted by molar-refractivity contribution is -0.216. The van der Waals surface area contributed by atoms with Crippen LogP contribution >= 0.6 is 0 Å². The predicted octanol–water partition coefficient (Wildman–Crippen LogP) is 2.77. The summed E-state index contributed by atoms with van der Waals surface area (Å²) in [5, 5.41) is 31.2. The number of hydrogen-bond donors (Lipinski definition) is 3. The zero-order chi connectivity index (χ0) is 27.7. The van der Waals surface area contributed by atoms with Gasteiger partial charge in [-0.25, -0.2) is 4.79 Å². The molecule has 4 aliphatic rings. The molecule has 0 amide bonds. The van der Waals surface area contributed by atoms with Crippen molar-refractivity contribution in [1.29, 1.82) is 0 Å². The second kappa shape index (κ2) is 9.18. The average Bonchev–Trinajstić information content (AvgIpc) is 3.21. The third-order valence-electron chi connectivity index (χ3n) is 7.83. The van der Waals surface area contributed by atoms with Gasteiger partial charge in [-0.05, 0) is 44.0 Å². The summed E-state index contributed by atoms with van der Waals surface area (Å²) >= 11 is 0. The third kappa shape index (κ3) is 3.77. The van der Waals surface area contributed by atoms with Gasteiger partial charge < -0.3 is 34.4 Å². The van der Waals surface area contributed by atoms with E-state index in [4.69, 9.17) is 14.2 Å². The summed E-state index contributed by atoms with van der Waals surface area (Å²) in [4.78, 5) is 43.0. The Kier molecular flexibility index (Phi) is 6.01. The number of aryl methyl sites for hydroxylation is 1. The molecule has 1 aliphatic carbocycles. The van der Waals surface area contributed by atoms with Gasteiger partial charge in [0, 0.05) is 23.1 Å². The number of carbonyl (C=O) groups is 3. The first-order chi connectivity index (χ1) is 18.6. The van der Waals surface area contributed by atoms with Gasteiger partial charge in [0.25, 0.3) is 0 Å². The number of aliphatic hydroxyl groups excluding tert-OH is 2. The van der Waals surface area contributed by atoms with E-state index < -0.39 is 54.4 Å². The van der Waals surface area contributed by atoms with Crippen LogP contribution in [0.25, 0.3) is 5.57 Å². The van der Waals surface area contributed by atoms with Crippen molar-refractivity contribution >= 4 is 23.1 Å². The number of Topliss-reactive ketones (excluding diaryl/α,β-unsaturated/α-hetero) is 2. The number of phenols is 1. The van der Waals surface area contributed by atoms with Crippen LogP contribution in [0.2, 0.25) is 0 Å². The number of allylic oxidation sites excluding steroid dienone is 2. The minimum atomic E-state index is -1.09. The average molecular weight is 536 g/mol. The minimum Gasteiger partial charge on any atom is -0.507 e. The second-order valence-electron chi connectivity index (χ2n) is 10.5. The number of rotatable bonds is 4. The van der Waals surface area contributed by atoms with Crippen molar-refractivity contribution in [1.82, 2.24) is 4.90 Å². The van der Waals surface area contributed by atoms with Crippen molar-refractivity contribution in [2.45, 2.75) is 76.9 Å². The zero-order valence-electron chi connectivity index (χ0n) is 21.7. The van der Waals surface area contributed by atoms with Gasteiger partial charge >= 0.3 is 5.97 Å². The Bertz CT molecular complexity index is 1430. The maximum Gasteiger partial charge on any atom is 0.331 e. The van der Waals surface area contributed by atoms with Crippen LogP contribution in [0.15, 0.2) is 36.0 Å². The van der Waals surface area contributed by atoms with E-state index in [1.165, 1.54) is 18.2 Å². The maximum absolute atomic E-state index is 14.3. The molecule has 2 aromatic rings. The molecule has 204 valence electrons. The fourth-order valence-electron chi connectivity index (χ4n) is 6.05. The summed E-state index contributed by atoms with van der Waals surface area (Å²) in [6, 6.07) is 7.10. The molecular weight excluding hydrogens is 506 g/mol. The highest BCUT2D eigenvalue weighted by Crippen LogP contribution is 2.52. The number of ketones is 2. The molecule has 10 heteroatoms. The van der Waals surface area contributed by atoms with E-state index in [9.17, 15) is 29.7 Å². The van der Waals surface area contributed by atoms with Gasteiger partial charge in [0.1, 0.15) is 29.3 Å². The maximum atomic E-state index is 14.3. The van der Waals surface area contributed by atoms with Crippen molar-refractivity contribution in [3.8, 4) is 11.5 Å². The van der Waals surface area contributed by atoms with E-state index in [0.29, 0.717) is 24.0 Å². The molecular formula is C29H29NO9. The number of ether oxygens (including phenoxy) is 3. The van der Waals surface area contributed by atoms with E-state index in [1.807, 2.05) is 6.92 Å². The van der Waals surface area contributed by atoms with Crippen LogP contribution in [-0.4, -0.2) is 68.4 Å². The lowest BCUT2D eigenvalue weighted by Gasteiger charge is -2.39. The monoisotopic (exact) mass is 535 g/mol. The summed E-state index contributed by atoms with van der Waals surface area (Å²) in [7, 11) is 0. The summed E-state index contributed by atoms with van der Waals surface area (Å²) in [6.45, 7) is 5.29. The molecule has 6 rings (SSSR count). The summed E-state index contributed by atoms with van der Waals surface area (Å²) in [5.74, 6) is -1.65. The highest BCUT2D eigenvalue weighted by atomic mass is 16.7. The van der Waals surface area contributed by atoms with Crippen LogP contribution in [0.1, 0.15) is 76.7 Å². The first kappa shape index (κ1) is 25.5. The Hall–Kier alpha value is -3.73. The molecule has 2 aromatic carbocycles. The van der Waals surface area contributed by atoms with Gasteiger partial charge in [-0.1, -0.05) is 25.5 Å². The number of esters is 1. The Balaban J connectivity index is 1.51. The lowest BCUT2D eigenvalue weighted by atomic mass is 9.78. The number of phenolic OH excluding ortho intramolecular Hbond substituents is 1. The van der Waals surface area contributed by atoms with Gasteiger partial charge in [0.15, 0.2) is 5.78 Å². The number of hydrogen-bond acceptors (Lipinski definition) is 10. The number of aromatic hydroxyl groups is 1. The fraction of sp³-hybridized carbons (Fsp3) is 0.414. The van der Waals surface area contributed by atoms with Gasteiger partial charge in [0.05, 0.1) is 23.3 Å². The largest absolute Gasteiger partial charge is 0.507 e. The number of aliphatic hydroxyl groups is 2. The van der Waals surface area contributed by atoms with Crippen LogP contribution in [0, 0.1) is 6.92 Å². The van der Waals surface area contributed by atoms with Crippen molar-refractivity contribution < 1.29 is 43.9 Å². The number of nitrogens with zero attached hydrogens (tertiary/aromatic N) is 1. The number of fused-ring (bicyclic) bond motifs is 6. The van der Waals surface area contributed by atoms with E-state index in [2.05, 4.69) is 0 Å². The third-order valence-corrected chi connectivity index (χ3v) is 7.83. The molecule has 0 bridgehead atoms. The molecule has 2 saturated heterocycles. The highest BCUT2D eigenvalue weighted by molar-refractivity contribution is 6.41. The summed E-state index contributed by atoms with van der Waals surface area (Å²) in [5.41, 5.74) is 1.44. The van der Waals surface area contributed by atoms with Crippen LogP contribution in [0.5, 0.6) is 11.5 Å². The quantitative estimate of drug-likeness (QED) is 0.500. The molecule has 0 spiro atoms. The van der Waals surface area contributed by atoms with Gasteiger partial charge in [0.2, 0.25) is 18.3 Å². The Morgan fingerprint density at radius 3 is 2.59 bits per heavy atom. The normalized spacial score (nSPS) is 29.5. The second-order valence-corrected chi connectivity index (χ2v) is 10.5. The first-order valence-electron chi connectivity index (χ1n) is 13.1. The van der Waals surface area contributed by atoms with Crippen molar-refractivity contribution in [3.05, 3.63) is 63.8 Å². The Morgan fingerprint density at radius 1 is 1.10 bits per heavy atom. The molecule has 0 radical (unpaired) electrons. The zero-order valence-corrected chi connectivity index (χ0v) is 21.7. The molecule has 39 heavy (non-hydrogen) atoms. The number of benzene rings is 2. The Labute approximate surface area is 224 Å². The van der Waals surface area contributed by atoms with Gasteiger partial charge in [-0.3, -0.25) is 9.59 Å². The lowest BCUT2D eigenvalue weighted by Crippen LogP contribution is -2.48. The highest BCUT2D eigenvalue weighted by Gasteiger charge is 2.53. The fourth-order valence-corrected chi connectivity index (χ4v) is 6.05. The first-order valence-corrected chi connectivity index (χ1v) is 13.1. The molecule has 1 unspecified atom stereocenters. The van der Waals surface area contributed by atoms with E-state index in [1.54, 1.807) is 30.9 Å². The Morgan fingerprint density at radius 2 is 1.87 bits per heavy atom. The predicted molar refractivity (Wildman–Crippen MR) is 136 cm³/mol. The van der Waals surface area contributed by atoms with E-state index in [0.717, 1.165) is 0 Å². The van der Waals surface area contributed by atoms with E-state index in [-0.39, 0.29) is 45.9 Å². The topological polar surface area (TPSA) is 143 Å². The molecule has 2 fully saturated rings. The van der Waals surface area contributed by atoms with E-state index >= 15 is 0 Å². The van der Waals surface area contributed by atoms with Crippen LogP contribution in [0.4, 0.5) is 0 Å². The molecule has 6 atom stereocenters. The van der Waals surface area contributed by atoms with Crippen molar-refractivity contribution in [2.75, 3.05) is 0 Å². The van der Waals surface area contributed by atoms with Gasteiger partial charge in [-0.2, -0.15) is 0 Å². The smallest absolute Gasteiger partial charge is 0.331 e. The van der Waals surface area contributed by atoms with Crippen LogP contribution in [0.3, 0.4) is 0 Å². The molecule has 3 N–H and O–H groups in total. The van der Waals surface area contributed by atoms with Crippen LogP contribution < -0.4 is 4.74 Å².